The number of benzene rings is 2. The molecule has 1 unspecified atom stereocenters. The molecule has 1 atom stereocenters. The van der Waals surface area contributed by atoms with Crippen molar-refractivity contribution in [3.05, 3.63) is 65.7 Å². The van der Waals surface area contributed by atoms with Crippen LogP contribution in [0.5, 0.6) is 5.75 Å². The Hall–Kier alpha value is -2.37. The number of hydrogen-bond donors (Lipinski definition) is 2. The smallest absolute Gasteiger partial charge is 0.279 e. The van der Waals surface area contributed by atoms with Gasteiger partial charge in [-0.1, -0.05) is 42.5 Å². The maximum atomic E-state index is 11.9. The molecule has 2 aromatic rings. The zero-order chi connectivity index (χ0) is 15.1. The van der Waals surface area contributed by atoms with Crippen molar-refractivity contribution in [3.8, 4) is 5.75 Å². The molecule has 0 radical (unpaired) electrons. The van der Waals surface area contributed by atoms with E-state index in [2.05, 4.69) is 5.43 Å². The minimum atomic E-state index is -0.797. The van der Waals surface area contributed by atoms with Gasteiger partial charge in [0, 0.05) is 12.7 Å². The molecule has 21 heavy (non-hydrogen) atoms. The Morgan fingerprint density at radius 1 is 1.19 bits per heavy atom. The predicted octanol–water partition coefficient (Wildman–Crippen LogP) is 1.94. The third-order valence-electron chi connectivity index (χ3n) is 2.95. The van der Waals surface area contributed by atoms with E-state index in [0.717, 1.165) is 11.1 Å². The van der Waals surface area contributed by atoms with Crippen LogP contribution in [0.25, 0.3) is 0 Å². The summed E-state index contributed by atoms with van der Waals surface area (Å²) in [5, 5.41) is 0. The lowest BCUT2D eigenvalue weighted by Crippen LogP contribution is -2.37. The highest BCUT2D eigenvalue weighted by Gasteiger charge is 2.21. The number of hydrazine groups is 1. The number of rotatable bonds is 6. The standard InChI is InChI=1S/C16H18N2O3/c1-20-11-12-6-5-9-14(10-12)21-15(16(19)18-17)13-7-3-2-4-8-13/h2-10,15H,11,17H2,1H3,(H,18,19). The molecule has 0 heterocycles. The van der Waals surface area contributed by atoms with E-state index in [1.807, 2.05) is 48.5 Å². The monoisotopic (exact) mass is 286 g/mol. The highest BCUT2D eigenvalue weighted by atomic mass is 16.5. The van der Waals surface area contributed by atoms with E-state index >= 15 is 0 Å². The average Bonchev–Trinajstić information content (AvgIpc) is 2.53. The van der Waals surface area contributed by atoms with Gasteiger partial charge in [-0.25, -0.2) is 5.84 Å². The molecular formula is C16H18N2O3. The van der Waals surface area contributed by atoms with Gasteiger partial charge in [0.15, 0.2) is 0 Å². The number of carbonyl (C=O) groups is 1. The molecule has 2 rings (SSSR count). The largest absolute Gasteiger partial charge is 0.476 e. The minimum Gasteiger partial charge on any atom is -0.476 e. The molecule has 0 spiro atoms. The molecule has 5 heteroatoms. The van der Waals surface area contributed by atoms with Gasteiger partial charge in [-0.2, -0.15) is 0 Å². The van der Waals surface area contributed by atoms with Crippen molar-refractivity contribution in [3.63, 3.8) is 0 Å². The second-order valence-electron chi connectivity index (χ2n) is 4.50. The molecule has 5 nitrogen and oxygen atoms in total. The molecule has 0 aliphatic carbocycles. The summed E-state index contributed by atoms with van der Waals surface area (Å²) in [7, 11) is 1.63. The topological polar surface area (TPSA) is 73.6 Å². The van der Waals surface area contributed by atoms with Crippen molar-refractivity contribution in [2.24, 2.45) is 5.84 Å². The summed E-state index contributed by atoms with van der Waals surface area (Å²) in [6.07, 6.45) is -0.797. The van der Waals surface area contributed by atoms with Crippen molar-refractivity contribution in [2.75, 3.05) is 7.11 Å². The molecule has 0 saturated heterocycles. The van der Waals surface area contributed by atoms with Gasteiger partial charge in [0.25, 0.3) is 5.91 Å². The van der Waals surface area contributed by atoms with Gasteiger partial charge in [-0.15, -0.1) is 0 Å². The van der Waals surface area contributed by atoms with E-state index in [-0.39, 0.29) is 0 Å². The Morgan fingerprint density at radius 3 is 2.62 bits per heavy atom. The van der Waals surface area contributed by atoms with E-state index < -0.39 is 12.0 Å². The lowest BCUT2D eigenvalue weighted by atomic mass is 10.1. The van der Waals surface area contributed by atoms with Crippen molar-refractivity contribution in [2.45, 2.75) is 12.7 Å². The van der Waals surface area contributed by atoms with E-state index in [9.17, 15) is 4.79 Å². The normalized spacial score (nSPS) is 11.7. The Labute approximate surface area is 123 Å². The number of ether oxygens (including phenoxy) is 2. The highest BCUT2D eigenvalue weighted by molar-refractivity contribution is 5.82. The van der Waals surface area contributed by atoms with E-state index in [0.29, 0.717) is 12.4 Å². The zero-order valence-corrected chi connectivity index (χ0v) is 11.8. The highest BCUT2D eigenvalue weighted by Crippen LogP contribution is 2.23. The molecule has 0 aliphatic heterocycles. The third-order valence-corrected chi connectivity index (χ3v) is 2.95. The molecule has 2 aromatic carbocycles. The summed E-state index contributed by atoms with van der Waals surface area (Å²) in [5.41, 5.74) is 3.84. The molecule has 0 saturated carbocycles. The lowest BCUT2D eigenvalue weighted by Gasteiger charge is -2.18. The maximum Gasteiger partial charge on any atom is 0.279 e. The van der Waals surface area contributed by atoms with E-state index in [4.69, 9.17) is 15.3 Å². The number of nitrogens with two attached hydrogens (primary N) is 1. The number of nitrogens with one attached hydrogen (secondary N) is 1. The molecule has 0 fully saturated rings. The van der Waals surface area contributed by atoms with Gasteiger partial charge in [-0.05, 0) is 17.7 Å². The van der Waals surface area contributed by atoms with Crippen molar-refractivity contribution >= 4 is 5.91 Å². The molecule has 110 valence electrons. The van der Waals surface area contributed by atoms with Crippen LogP contribution in [0.4, 0.5) is 0 Å². The van der Waals surface area contributed by atoms with Crippen LogP contribution in [0, 0.1) is 0 Å². The number of hydrogen-bond acceptors (Lipinski definition) is 4. The van der Waals surface area contributed by atoms with E-state index in [1.165, 1.54) is 0 Å². The number of carbonyl (C=O) groups excluding carboxylic acids is 1. The van der Waals surface area contributed by atoms with Crippen LogP contribution in [0.1, 0.15) is 17.2 Å². The first kappa shape index (κ1) is 15.0. The Bertz CT molecular complexity index is 587. The lowest BCUT2D eigenvalue weighted by molar-refractivity contribution is -0.128. The maximum absolute atomic E-state index is 11.9. The summed E-state index contributed by atoms with van der Waals surface area (Å²) in [4.78, 5) is 11.9. The predicted molar refractivity (Wildman–Crippen MR) is 79.3 cm³/mol. The summed E-state index contributed by atoms with van der Waals surface area (Å²) in [6.45, 7) is 0.482. The summed E-state index contributed by atoms with van der Waals surface area (Å²) < 4.78 is 10.9. The minimum absolute atomic E-state index is 0.404. The average molecular weight is 286 g/mol. The van der Waals surface area contributed by atoms with Crippen LogP contribution in [0.3, 0.4) is 0 Å². The van der Waals surface area contributed by atoms with Crippen LogP contribution in [0.2, 0.25) is 0 Å². The van der Waals surface area contributed by atoms with Crippen molar-refractivity contribution in [1.29, 1.82) is 0 Å². The third kappa shape index (κ3) is 4.05. The fourth-order valence-electron chi connectivity index (χ4n) is 1.99. The second-order valence-corrected chi connectivity index (χ2v) is 4.50. The first-order valence-electron chi connectivity index (χ1n) is 6.54. The summed E-state index contributed by atoms with van der Waals surface area (Å²) in [6, 6.07) is 16.6. The van der Waals surface area contributed by atoms with Gasteiger partial charge in [-0.3, -0.25) is 10.2 Å². The fraction of sp³-hybridized carbons (Fsp3) is 0.188. The number of methoxy groups -OCH3 is 1. The van der Waals surface area contributed by atoms with Crippen LogP contribution in [-0.4, -0.2) is 13.0 Å². The van der Waals surface area contributed by atoms with Crippen LogP contribution < -0.4 is 16.0 Å². The van der Waals surface area contributed by atoms with Gasteiger partial charge in [0.1, 0.15) is 5.75 Å². The summed E-state index contributed by atoms with van der Waals surface area (Å²) >= 11 is 0. The van der Waals surface area contributed by atoms with Crippen LogP contribution in [0.15, 0.2) is 54.6 Å². The second kappa shape index (κ2) is 7.42. The Kier molecular flexibility index (Phi) is 5.31. The van der Waals surface area contributed by atoms with Crippen LogP contribution in [-0.2, 0) is 16.1 Å². The Morgan fingerprint density at radius 2 is 1.95 bits per heavy atom. The fourth-order valence-corrected chi connectivity index (χ4v) is 1.99. The van der Waals surface area contributed by atoms with E-state index in [1.54, 1.807) is 13.2 Å². The molecule has 0 aromatic heterocycles. The SMILES string of the molecule is COCc1cccc(OC(C(=O)NN)c2ccccc2)c1. The van der Waals surface area contributed by atoms with Crippen molar-refractivity contribution < 1.29 is 14.3 Å². The first-order chi connectivity index (χ1) is 10.2. The quantitative estimate of drug-likeness (QED) is 0.483. The van der Waals surface area contributed by atoms with Gasteiger partial charge < -0.3 is 9.47 Å². The van der Waals surface area contributed by atoms with Gasteiger partial charge >= 0.3 is 0 Å². The molecule has 1 amide bonds. The number of amides is 1. The van der Waals surface area contributed by atoms with Crippen LogP contribution >= 0.6 is 0 Å². The van der Waals surface area contributed by atoms with Gasteiger partial charge in [0.05, 0.1) is 6.61 Å². The zero-order valence-electron chi connectivity index (χ0n) is 11.8. The van der Waals surface area contributed by atoms with Gasteiger partial charge in [0.2, 0.25) is 6.10 Å². The summed E-state index contributed by atoms with van der Waals surface area (Å²) in [5.74, 6) is 5.42. The molecular weight excluding hydrogens is 268 g/mol. The molecule has 0 bridgehead atoms. The molecule has 0 aliphatic rings. The molecule has 3 N–H and O–H groups in total. The van der Waals surface area contributed by atoms with Crippen molar-refractivity contribution in [1.82, 2.24) is 5.43 Å². The first-order valence-corrected chi connectivity index (χ1v) is 6.54. The Balaban J connectivity index is 2.23.